The van der Waals surface area contributed by atoms with Gasteiger partial charge in [-0.25, -0.2) is 4.79 Å². The molecule has 0 saturated carbocycles. The Balaban J connectivity index is 1.60. The van der Waals surface area contributed by atoms with Gasteiger partial charge in [-0.2, -0.15) is 0 Å². The molecule has 0 bridgehead atoms. The molecule has 140 valence electrons. The molecule has 1 saturated heterocycles. The second kappa shape index (κ2) is 7.66. The summed E-state index contributed by atoms with van der Waals surface area (Å²) < 4.78 is 2.90. The Labute approximate surface area is 175 Å². The third-order valence-corrected chi connectivity index (χ3v) is 5.12. The highest BCUT2D eigenvalue weighted by Gasteiger charge is 2.33. The molecule has 7 heteroatoms. The van der Waals surface area contributed by atoms with Gasteiger partial charge in [0.05, 0.1) is 6.54 Å². The summed E-state index contributed by atoms with van der Waals surface area (Å²) in [5, 5.41) is 3.27. The Kier molecular flexibility index (Phi) is 5.07. The molecule has 1 aromatic heterocycles. The van der Waals surface area contributed by atoms with Gasteiger partial charge in [0.2, 0.25) is 0 Å². The number of hydrogen-bond acceptors (Lipinski definition) is 2. The molecule has 1 N–H and O–H groups in total. The maximum absolute atomic E-state index is 12.7. The maximum atomic E-state index is 12.7. The first-order valence-electron chi connectivity index (χ1n) is 8.53. The van der Waals surface area contributed by atoms with Crippen LogP contribution in [0.2, 0.25) is 5.02 Å². The Bertz CT molecular complexity index is 1090. The number of imide groups is 1. The first kappa shape index (κ1) is 18.5. The summed E-state index contributed by atoms with van der Waals surface area (Å²) in [6.07, 6.45) is 3.59. The van der Waals surface area contributed by atoms with E-state index in [2.05, 4.69) is 21.2 Å². The average molecular weight is 457 g/mol. The van der Waals surface area contributed by atoms with Crippen molar-refractivity contribution < 1.29 is 9.59 Å². The Morgan fingerprint density at radius 2 is 1.82 bits per heavy atom. The molecule has 2 heterocycles. The first-order chi connectivity index (χ1) is 13.5. The van der Waals surface area contributed by atoms with Crippen molar-refractivity contribution in [3.05, 3.63) is 93.3 Å². The van der Waals surface area contributed by atoms with Crippen LogP contribution in [0.25, 0.3) is 11.8 Å². The summed E-state index contributed by atoms with van der Waals surface area (Å²) >= 11 is 9.36. The molecule has 0 unspecified atom stereocenters. The van der Waals surface area contributed by atoms with E-state index in [0.717, 1.165) is 21.4 Å². The summed E-state index contributed by atoms with van der Waals surface area (Å²) in [5.74, 6) is -0.359. The van der Waals surface area contributed by atoms with E-state index in [4.69, 9.17) is 11.6 Å². The minimum atomic E-state index is -0.438. The number of benzene rings is 2. The van der Waals surface area contributed by atoms with Gasteiger partial charge in [0.15, 0.2) is 0 Å². The Morgan fingerprint density at radius 3 is 2.57 bits per heavy atom. The van der Waals surface area contributed by atoms with Crippen LogP contribution in [0.4, 0.5) is 4.79 Å². The minimum Gasteiger partial charge on any atom is -0.317 e. The van der Waals surface area contributed by atoms with Crippen LogP contribution < -0.4 is 5.32 Å². The molecule has 1 aliphatic rings. The van der Waals surface area contributed by atoms with Crippen molar-refractivity contribution in [2.24, 2.45) is 0 Å². The highest BCUT2D eigenvalue weighted by Crippen LogP contribution is 2.22. The van der Waals surface area contributed by atoms with Gasteiger partial charge in [-0.1, -0.05) is 45.7 Å². The molecule has 0 radical (unpaired) electrons. The molecule has 4 rings (SSSR count). The van der Waals surface area contributed by atoms with Crippen LogP contribution in [0.3, 0.4) is 0 Å². The van der Waals surface area contributed by atoms with E-state index < -0.39 is 6.03 Å². The van der Waals surface area contributed by atoms with Gasteiger partial charge in [-0.15, -0.1) is 0 Å². The van der Waals surface area contributed by atoms with Gasteiger partial charge in [0.25, 0.3) is 5.91 Å². The third-order valence-electron chi connectivity index (χ3n) is 4.38. The summed E-state index contributed by atoms with van der Waals surface area (Å²) in [4.78, 5) is 26.2. The van der Waals surface area contributed by atoms with Crippen LogP contribution in [0, 0.1) is 0 Å². The number of hydrogen-bond donors (Lipinski definition) is 1. The Morgan fingerprint density at radius 1 is 1.04 bits per heavy atom. The predicted molar refractivity (Wildman–Crippen MR) is 112 cm³/mol. The van der Waals surface area contributed by atoms with Crippen LogP contribution in [-0.4, -0.2) is 21.4 Å². The summed E-state index contributed by atoms with van der Waals surface area (Å²) in [7, 11) is 0. The van der Waals surface area contributed by atoms with Gasteiger partial charge in [-0.3, -0.25) is 9.69 Å². The number of amides is 3. The molecular formula is C21H15BrClN3O2. The average Bonchev–Trinajstić information content (AvgIpc) is 3.24. The van der Waals surface area contributed by atoms with E-state index >= 15 is 0 Å². The second-order valence-corrected chi connectivity index (χ2v) is 7.64. The SMILES string of the molecule is O=C1N/C(=C/c2cccn2-c2cccc(Br)c2)C(=O)N1Cc1ccc(Cl)cc1. The lowest BCUT2D eigenvalue weighted by Crippen LogP contribution is -2.30. The fourth-order valence-electron chi connectivity index (χ4n) is 3.01. The highest BCUT2D eigenvalue weighted by molar-refractivity contribution is 9.10. The number of nitrogens with one attached hydrogen (secondary N) is 1. The van der Waals surface area contributed by atoms with E-state index in [1.54, 1.807) is 30.3 Å². The highest BCUT2D eigenvalue weighted by atomic mass is 79.9. The molecule has 3 aromatic rings. The van der Waals surface area contributed by atoms with E-state index in [-0.39, 0.29) is 18.1 Å². The summed E-state index contributed by atoms with van der Waals surface area (Å²) in [5.41, 5.74) is 2.80. The van der Waals surface area contributed by atoms with Crippen LogP contribution in [0.1, 0.15) is 11.3 Å². The number of carbonyl (C=O) groups is 2. The predicted octanol–water partition coefficient (Wildman–Crippen LogP) is 4.99. The lowest BCUT2D eigenvalue weighted by molar-refractivity contribution is -0.123. The molecule has 1 aliphatic heterocycles. The van der Waals surface area contributed by atoms with Gasteiger partial charge in [0.1, 0.15) is 5.70 Å². The summed E-state index contributed by atoms with van der Waals surface area (Å²) in [6, 6.07) is 18.2. The second-order valence-electron chi connectivity index (χ2n) is 6.29. The van der Waals surface area contributed by atoms with Gasteiger partial charge in [-0.05, 0) is 54.1 Å². The fraction of sp³-hybridized carbons (Fsp3) is 0.0476. The van der Waals surface area contributed by atoms with Crippen molar-refractivity contribution in [3.63, 3.8) is 0 Å². The zero-order valence-electron chi connectivity index (χ0n) is 14.6. The number of aromatic nitrogens is 1. The van der Waals surface area contributed by atoms with E-state index in [1.165, 1.54) is 4.90 Å². The molecule has 0 aliphatic carbocycles. The molecule has 1 fully saturated rings. The zero-order chi connectivity index (χ0) is 19.7. The summed E-state index contributed by atoms with van der Waals surface area (Å²) in [6.45, 7) is 0.186. The fourth-order valence-corrected chi connectivity index (χ4v) is 3.52. The smallest absolute Gasteiger partial charge is 0.317 e. The molecule has 28 heavy (non-hydrogen) atoms. The largest absolute Gasteiger partial charge is 0.329 e. The lowest BCUT2D eigenvalue weighted by atomic mass is 10.2. The van der Waals surface area contributed by atoms with Crippen molar-refractivity contribution in [2.45, 2.75) is 6.54 Å². The zero-order valence-corrected chi connectivity index (χ0v) is 16.9. The maximum Gasteiger partial charge on any atom is 0.329 e. The van der Waals surface area contributed by atoms with Gasteiger partial charge in [0, 0.05) is 27.1 Å². The molecule has 2 aromatic carbocycles. The molecular weight excluding hydrogens is 442 g/mol. The van der Waals surface area contributed by atoms with Crippen LogP contribution in [0.15, 0.2) is 77.0 Å². The van der Waals surface area contributed by atoms with Crippen LogP contribution in [-0.2, 0) is 11.3 Å². The normalized spacial score (nSPS) is 15.4. The van der Waals surface area contributed by atoms with Gasteiger partial charge >= 0.3 is 6.03 Å². The van der Waals surface area contributed by atoms with Crippen molar-refractivity contribution in [1.82, 2.24) is 14.8 Å². The number of halogens is 2. The Hall–Kier alpha value is -2.83. The van der Waals surface area contributed by atoms with Crippen molar-refractivity contribution in [2.75, 3.05) is 0 Å². The standard InChI is InChI=1S/C21H15BrClN3O2/c22-15-3-1-4-17(11-15)25-10-2-5-18(25)12-19-20(27)26(21(28)24-19)13-14-6-8-16(23)9-7-14/h1-12H,13H2,(H,24,28)/b19-12+. The van der Waals surface area contributed by atoms with Crippen LogP contribution >= 0.6 is 27.5 Å². The van der Waals surface area contributed by atoms with E-state index in [9.17, 15) is 9.59 Å². The number of rotatable bonds is 4. The minimum absolute atomic E-state index is 0.186. The van der Waals surface area contributed by atoms with Crippen LogP contribution in [0.5, 0.6) is 0 Å². The van der Waals surface area contributed by atoms with E-state index in [0.29, 0.717) is 5.02 Å². The molecule has 0 spiro atoms. The molecule has 5 nitrogen and oxygen atoms in total. The third kappa shape index (κ3) is 3.74. The van der Waals surface area contributed by atoms with Crippen molar-refractivity contribution in [1.29, 1.82) is 0 Å². The van der Waals surface area contributed by atoms with Gasteiger partial charge < -0.3 is 9.88 Å². The quantitative estimate of drug-likeness (QED) is 0.444. The first-order valence-corrected chi connectivity index (χ1v) is 9.71. The number of urea groups is 1. The van der Waals surface area contributed by atoms with Crippen molar-refractivity contribution >= 4 is 45.5 Å². The monoisotopic (exact) mass is 455 g/mol. The lowest BCUT2D eigenvalue weighted by Gasteiger charge is -2.11. The van der Waals surface area contributed by atoms with Crippen molar-refractivity contribution in [3.8, 4) is 5.69 Å². The van der Waals surface area contributed by atoms with E-state index in [1.807, 2.05) is 47.2 Å². The molecule has 3 amide bonds. The number of carbonyl (C=O) groups excluding carboxylic acids is 2. The topological polar surface area (TPSA) is 54.3 Å². The molecule has 0 atom stereocenters. The number of nitrogens with zero attached hydrogens (tertiary/aromatic N) is 2.